The van der Waals surface area contributed by atoms with Crippen molar-refractivity contribution in [3.63, 3.8) is 0 Å². The van der Waals surface area contributed by atoms with E-state index in [1.54, 1.807) is 6.92 Å². The van der Waals surface area contributed by atoms with Gasteiger partial charge in [-0.1, -0.05) is 6.08 Å². The van der Waals surface area contributed by atoms with E-state index in [-0.39, 0.29) is 25.1 Å². The molecule has 148 valence electrons. The van der Waals surface area contributed by atoms with Gasteiger partial charge < -0.3 is 15.3 Å². The van der Waals surface area contributed by atoms with Gasteiger partial charge in [0.25, 0.3) is 5.91 Å². The first-order valence-electron chi connectivity index (χ1n) is 8.30. The van der Waals surface area contributed by atoms with Crippen LogP contribution in [0.3, 0.4) is 0 Å². The zero-order valence-corrected chi connectivity index (χ0v) is 14.4. The van der Waals surface area contributed by atoms with Crippen molar-refractivity contribution in [2.24, 2.45) is 0 Å². The zero-order valence-electron chi connectivity index (χ0n) is 14.4. The molecule has 0 unspecified atom stereocenters. The molecule has 0 saturated carbocycles. The molecule has 0 aromatic carbocycles. The van der Waals surface area contributed by atoms with E-state index in [9.17, 15) is 23.6 Å². The number of fused-ring (bicyclic) bond motifs is 2. The van der Waals surface area contributed by atoms with Crippen molar-refractivity contribution in [2.45, 2.75) is 44.2 Å². The summed E-state index contributed by atoms with van der Waals surface area (Å²) in [6.07, 6.45) is -0.153. The lowest BCUT2D eigenvalue weighted by atomic mass is 10.0. The molecule has 11 nitrogen and oxygen atoms in total. The lowest BCUT2D eigenvalue weighted by Crippen LogP contribution is -2.50. The fourth-order valence-corrected chi connectivity index (χ4v) is 3.29. The van der Waals surface area contributed by atoms with Crippen LogP contribution in [0.4, 0.5) is 9.18 Å². The number of nitrogens with zero attached hydrogens (tertiary/aromatic N) is 2. The molecule has 27 heavy (non-hydrogen) atoms. The molecule has 2 fully saturated rings. The van der Waals surface area contributed by atoms with E-state index in [4.69, 9.17) is 9.94 Å². The number of carbonyl (C=O) groups is 4. The Kier molecular flexibility index (Phi) is 5.28. The van der Waals surface area contributed by atoms with Gasteiger partial charge in [-0.25, -0.2) is 24.3 Å². The molecule has 4 atom stereocenters. The summed E-state index contributed by atoms with van der Waals surface area (Å²) in [5.41, 5.74) is 2.76. The van der Waals surface area contributed by atoms with Crippen LogP contribution in [0.2, 0.25) is 0 Å². The first-order valence-corrected chi connectivity index (χ1v) is 8.30. The van der Waals surface area contributed by atoms with Crippen molar-refractivity contribution in [3.05, 3.63) is 11.6 Å². The minimum Gasteiger partial charge on any atom is -0.477 e. The maximum absolute atomic E-state index is 13.3. The molecule has 3 aliphatic heterocycles. The number of amides is 4. The standard InChI is InChI=1S/C15H19FN4O7/c1-7-4-9-5-19(15(25)20(9)27-12(16)14(23)24)11(7)13(22)18-26-6-8-2-3-10(21)17-8/h4,8-9,11-12H,2-3,5-6H2,1H3,(H,17,21)(H,18,22)(H,23,24)/t8-,9-,11-,12+/m0/s1. The van der Waals surface area contributed by atoms with Gasteiger partial charge >= 0.3 is 18.4 Å². The highest BCUT2D eigenvalue weighted by atomic mass is 19.1. The van der Waals surface area contributed by atoms with Crippen molar-refractivity contribution >= 4 is 23.8 Å². The van der Waals surface area contributed by atoms with Gasteiger partial charge in [0, 0.05) is 6.42 Å². The van der Waals surface area contributed by atoms with Crippen LogP contribution in [0.25, 0.3) is 0 Å². The van der Waals surface area contributed by atoms with Crippen molar-refractivity contribution in [3.8, 4) is 0 Å². The quantitative estimate of drug-likeness (QED) is 0.379. The average Bonchev–Trinajstić information content (AvgIpc) is 3.11. The van der Waals surface area contributed by atoms with E-state index in [0.29, 0.717) is 23.5 Å². The summed E-state index contributed by atoms with van der Waals surface area (Å²) < 4.78 is 13.3. The summed E-state index contributed by atoms with van der Waals surface area (Å²) in [6, 6.07) is -2.71. The van der Waals surface area contributed by atoms with Gasteiger partial charge in [-0.3, -0.25) is 14.4 Å². The summed E-state index contributed by atoms with van der Waals surface area (Å²) in [7, 11) is 0. The monoisotopic (exact) mass is 386 g/mol. The molecule has 0 spiro atoms. The summed E-state index contributed by atoms with van der Waals surface area (Å²) in [6.45, 7) is 1.74. The van der Waals surface area contributed by atoms with Gasteiger partial charge in [0.05, 0.1) is 25.2 Å². The predicted octanol–water partition coefficient (Wildman–Crippen LogP) is -0.941. The molecule has 3 heterocycles. The number of carboxylic acid groups (broad SMARTS) is 1. The second-order valence-corrected chi connectivity index (χ2v) is 6.48. The molecule has 0 radical (unpaired) electrons. The maximum Gasteiger partial charge on any atom is 0.368 e. The highest BCUT2D eigenvalue weighted by Crippen LogP contribution is 2.30. The Morgan fingerprint density at radius 2 is 2.22 bits per heavy atom. The lowest BCUT2D eigenvalue weighted by molar-refractivity contribution is -0.219. The second kappa shape index (κ2) is 7.48. The zero-order chi connectivity index (χ0) is 19.7. The molecule has 4 amide bonds. The van der Waals surface area contributed by atoms with Crippen molar-refractivity contribution in [2.75, 3.05) is 13.2 Å². The summed E-state index contributed by atoms with van der Waals surface area (Å²) in [5, 5.41) is 11.9. The lowest BCUT2D eigenvalue weighted by Gasteiger charge is -2.28. The van der Waals surface area contributed by atoms with Crippen LogP contribution in [-0.2, 0) is 24.1 Å². The Balaban J connectivity index is 1.59. The first kappa shape index (κ1) is 19.0. The normalized spacial score (nSPS) is 28.1. The molecule has 0 aromatic heterocycles. The van der Waals surface area contributed by atoms with Gasteiger partial charge in [0.2, 0.25) is 5.91 Å². The van der Waals surface area contributed by atoms with Gasteiger partial charge in [0.15, 0.2) is 0 Å². The van der Waals surface area contributed by atoms with Crippen molar-refractivity contribution in [1.82, 2.24) is 20.8 Å². The van der Waals surface area contributed by atoms with E-state index in [2.05, 4.69) is 15.6 Å². The number of halogens is 1. The number of hydrogen-bond acceptors (Lipinski definition) is 6. The highest BCUT2D eigenvalue weighted by molar-refractivity contribution is 5.91. The number of carboxylic acids is 1. The number of urea groups is 1. The van der Waals surface area contributed by atoms with Crippen molar-refractivity contribution < 1.29 is 38.4 Å². The van der Waals surface area contributed by atoms with Crippen LogP contribution < -0.4 is 10.8 Å². The number of aliphatic carboxylic acids is 1. The number of hydroxylamine groups is 3. The minimum atomic E-state index is -2.69. The summed E-state index contributed by atoms with van der Waals surface area (Å²) in [5.74, 6) is -2.55. The smallest absolute Gasteiger partial charge is 0.368 e. The first-order chi connectivity index (χ1) is 12.8. The molecule has 2 bridgehead atoms. The Morgan fingerprint density at radius 3 is 2.85 bits per heavy atom. The molecular formula is C15H19FN4O7. The van der Waals surface area contributed by atoms with Crippen LogP contribution in [0.1, 0.15) is 19.8 Å². The Hall–Kier alpha value is -2.73. The average molecular weight is 386 g/mol. The second-order valence-electron chi connectivity index (χ2n) is 6.48. The predicted molar refractivity (Wildman–Crippen MR) is 84.2 cm³/mol. The van der Waals surface area contributed by atoms with E-state index < -0.39 is 36.3 Å². The Morgan fingerprint density at radius 1 is 1.48 bits per heavy atom. The largest absolute Gasteiger partial charge is 0.477 e. The summed E-state index contributed by atoms with van der Waals surface area (Å²) >= 11 is 0. The third-order valence-electron chi connectivity index (χ3n) is 4.51. The molecular weight excluding hydrogens is 367 g/mol. The fourth-order valence-electron chi connectivity index (χ4n) is 3.29. The Bertz CT molecular complexity index is 700. The van der Waals surface area contributed by atoms with Gasteiger partial charge in [-0.15, -0.1) is 0 Å². The van der Waals surface area contributed by atoms with E-state index in [0.717, 1.165) is 4.90 Å². The van der Waals surface area contributed by atoms with Crippen LogP contribution in [0, 0.1) is 0 Å². The molecule has 12 heteroatoms. The summed E-state index contributed by atoms with van der Waals surface area (Å²) in [4.78, 5) is 57.4. The Labute approximate surface area is 153 Å². The van der Waals surface area contributed by atoms with E-state index in [1.165, 1.54) is 6.08 Å². The van der Waals surface area contributed by atoms with Gasteiger partial charge in [-0.05, 0) is 18.9 Å². The third-order valence-corrected chi connectivity index (χ3v) is 4.51. The number of rotatable bonds is 7. The number of hydrogen-bond donors (Lipinski definition) is 3. The molecule has 0 aromatic rings. The van der Waals surface area contributed by atoms with Crippen molar-refractivity contribution in [1.29, 1.82) is 0 Å². The van der Waals surface area contributed by atoms with Gasteiger partial charge in [-0.2, -0.15) is 5.06 Å². The topological polar surface area (TPSA) is 138 Å². The number of alkyl halides is 1. The van der Waals surface area contributed by atoms with Crippen LogP contribution in [0.15, 0.2) is 11.6 Å². The molecule has 3 N–H and O–H groups in total. The SMILES string of the molecule is CC1=C[C@H]2CN(C(=O)N2O[C@@H](F)C(=O)O)[C@@H]1C(=O)NOC[C@@H]1CCC(=O)N1. The van der Waals surface area contributed by atoms with Crippen LogP contribution in [-0.4, -0.2) is 76.5 Å². The maximum atomic E-state index is 13.3. The molecule has 2 saturated heterocycles. The highest BCUT2D eigenvalue weighted by Gasteiger charge is 2.48. The van der Waals surface area contributed by atoms with E-state index in [1.807, 2.05) is 0 Å². The number of nitrogens with one attached hydrogen (secondary N) is 2. The number of carbonyl (C=O) groups excluding carboxylic acids is 3. The van der Waals surface area contributed by atoms with Gasteiger partial charge in [0.1, 0.15) is 6.04 Å². The minimum absolute atomic E-state index is 0.0410. The van der Waals surface area contributed by atoms with E-state index >= 15 is 0 Å². The third kappa shape index (κ3) is 3.85. The molecule has 0 aliphatic carbocycles. The van der Waals surface area contributed by atoms with Crippen LogP contribution in [0.5, 0.6) is 0 Å². The molecule has 3 rings (SSSR count). The molecule has 3 aliphatic rings. The van der Waals surface area contributed by atoms with Crippen LogP contribution >= 0.6 is 0 Å². The fraction of sp³-hybridized carbons (Fsp3) is 0.600.